The minimum atomic E-state index is -3.50. The maximum absolute atomic E-state index is 11.9. The first kappa shape index (κ1) is 13.4. The first-order valence-electron chi connectivity index (χ1n) is 5.11. The second-order valence-corrected chi connectivity index (χ2v) is 6.74. The van der Waals surface area contributed by atoms with Crippen LogP contribution in [0.2, 0.25) is 0 Å². The summed E-state index contributed by atoms with van der Waals surface area (Å²) < 4.78 is 26.1. The van der Waals surface area contributed by atoms with Crippen molar-refractivity contribution in [2.75, 3.05) is 27.2 Å². The average Bonchev–Trinajstić information content (AvgIpc) is 2.17. The van der Waals surface area contributed by atoms with E-state index in [4.69, 9.17) is 5.11 Å². The van der Waals surface area contributed by atoms with Gasteiger partial charge >= 0.3 is 5.97 Å². The molecular formula is C9H18N2O4S. The third-order valence-corrected chi connectivity index (χ3v) is 4.85. The second-order valence-electron chi connectivity index (χ2n) is 4.59. The summed E-state index contributed by atoms with van der Waals surface area (Å²) in [7, 11) is -0.608. The Morgan fingerprint density at radius 2 is 2.00 bits per heavy atom. The highest BCUT2D eigenvalue weighted by molar-refractivity contribution is 7.86. The van der Waals surface area contributed by atoms with Crippen molar-refractivity contribution >= 4 is 16.2 Å². The summed E-state index contributed by atoms with van der Waals surface area (Å²) in [6.07, 6.45) is 1.09. The molecule has 0 bridgehead atoms. The van der Waals surface area contributed by atoms with Gasteiger partial charge in [0.05, 0.1) is 5.41 Å². The number of piperidine rings is 1. The molecule has 94 valence electrons. The maximum Gasteiger partial charge on any atom is 0.310 e. The lowest BCUT2D eigenvalue weighted by atomic mass is 9.83. The fourth-order valence-electron chi connectivity index (χ4n) is 1.80. The number of nitrogens with zero attached hydrogens (tertiary/aromatic N) is 2. The Kier molecular flexibility index (Phi) is 3.61. The van der Waals surface area contributed by atoms with Crippen LogP contribution in [0.5, 0.6) is 0 Å². The van der Waals surface area contributed by atoms with Gasteiger partial charge in [-0.05, 0) is 19.8 Å². The van der Waals surface area contributed by atoms with Crippen LogP contribution in [0.1, 0.15) is 19.8 Å². The lowest BCUT2D eigenvalue weighted by molar-refractivity contribution is -0.150. The predicted octanol–water partition coefficient (Wildman–Crippen LogP) is -0.0205. The summed E-state index contributed by atoms with van der Waals surface area (Å²) in [5, 5.41) is 9.08. The van der Waals surface area contributed by atoms with E-state index in [9.17, 15) is 13.2 Å². The minimum absolute atomic E-state index is 0.0445. The molecule has 1 N–H and O–H groups in total. The standard InChI is InChI=1S/C9H18N2O4S/c1-9(8(12)13)5-4-6-11(7-9)16(14,15)10(2)3/h4-7H2,1-3H3,(H,12,13). The molecule has 6 nitrogen and oxygen atoms in total. The topological polar surface area (TPSA) is 77.9 Å². The molecule has 1 unspecified atom stereocenters. The minimum Gasteiger partial charge on any atom is -0.481 e. The second kappa shape index (κ2) is 4.31. The quantitative estimate of drug-likeness (QED) is 0.763. The Labute approximate surface area is 96.0 Å². The van der Waals surface area contributed by atoms with E-state index in [0.29, 0.717) is 19.4 Å². The zero-order chi connectivity index (χ0) is 12.6. The number of hydrogen-bond donors (Lipinski definition) is 1. The van der Waals surface area contributed by atoms with Crippen molar-refractivity contribution in [3.05, 3.63) is 0 Å². The molecule has 0 aromatic heterocycles. The van der Waals surface area contributed by atoms with Crippen molar-refractivity contribution in [2.24, 2.45) is 5.41 Å². The van der Waals surface area contributed by atoms with Crippen LogP contribution in [0.15, 0.2) is 0 Å². The highest BCUT2D eigenvalue weighted by Crippen LogP contribution is 2.31. The van der Waals surface area contributed by atoms with Crippen molar-refractivity contribution < 1.29 is 18.3 Å². The van der Waals surface area contributed by atoms with Crippen LogP contribution in [-0.2, 0) is 15.0 Å². The number of rotatable bonds is 3. The fraction of sp³-hybridized carbons (Fsp3) is 0.889. The Morgan fingerprint density at radius 3 is 2.44 bits per heavy atom. The molecule has 0 aliphatic carbocycles. The summed E-state index contributed by atoms with van der Waals surface area (Å²) in [5.41, 5.74) is -0.971. The van der Waals surface area contributed by atoms with Crippen molar-refractivity contribution in [3.8, 4) is 0 Å². The molecule has 0 aromatic carbocycles. The molecule has 1 fully saturated rings. The lowest BCUT2D eigenvalue weighted by Gasteiger charge is -2.37. The van der Waals surface area contributed by atoms with E-state index < -0.39 is 21.6 Å². The first-order valence-corrected chi connectivity index (χ1v) is 6.51. The molecular weight excluding hydrogens is 232 g/mol. The molecule has 1 heterocycles. The molecule has 1 aliphatic heterocycles. The summed E-state index contributed by atoms with van der Waals surface area (Å²) >= 11 is 0. The van der Waals surface area contributed by atoms with Gasteiger partial charge in [0.15, 0.2) is 0 Å². The van der Waals surface area contributed by atoms with Crippen molar-refractivity contribution in [2.45, 2.75) is 19.8 Å². The summed E-state index contributed by atoms with van der Waals surface area (Å²) in [6.45, 7) is 2.03. The number of hydrogen-bond acceptors (Lipinski definition) is 3. The lowest BCUT2D eigenvalue weighted by Crippen LogP contribution is -2.51. The first-order chi connectivity index (χ1) is 7.20. The number of carboxylic acid groups (broad SMARTS) is 1. The smallest absolute Gasteiger partial charge is 0.310 e. The van der Waals surface area contributed by atoms with Gasteiger partial charge in [-0.3, -0.25) is 4.79 Å². The Balaban J connectivity index is 2.91. The van der Waals surface area contributed by atoms with Gasteiger partial charge in [-0.25, -0.2) is 0 Å². The molecule has 1 rings (SSSR count). The molecule has 1 saturated heterocycles. The van der Waals surface area contributed by atoms with E-state index in [2.05, 4.69) is 0 Å². The zero-order valence-electron chi connectivity index (χ0n) is 9.80. The summed E-state index contributed by atoms with van der Waals surface area (Å²) in [6, 6.07) is 0. The van der Waals surface area contributed by atoms with Crippen molar-refractivity contribution in [1.82, 2.24) is 8.61 Å². The van der Waals surface area contributed by atoms with Crippen LogP contribution in [0, 0.1) is 5.41 Å². The van der Waals surface area contributed by atoms with Crippen molar-refractivity contribution in [3.63, 3.8) is 0 Å². The van der Waals surface area contributed by atoms with Gasteiger partial charge in [0.2, 0.25) is 0 Å². The number of carboxylic acids is 1. The molecule has 0 amide bonds. The average molecular weight is 250 g/mol. The van der Waals surface area contributed by atoms with Gasteiger partial charge in [0.1, 0.15) is 0 Å². The highest BCUT2D eigenvalue weighted by Gasteiger charge is 2.42. The fourth-order valence-corrected chi connectivity index (χ4v) is 3.07. The molecule has 1 aliphatic rings. The van der Waals surface area contributed by atoms with E-state index >= 15 is 0 Å². The molecule has 0 radical (unpaired) electrons. The molecule has 16 heavy (non-hydrogen) atoms. The van der Waals surface area contributed by atoms with Gasteiger partial charge in [-0.2, -0.15) is 17.0 Å². The summed E-state index contributed by atoms with van der Waals surface area (Å²) in [5.74, 6) is -0.939. The van der Waals surface area contributed by atoms with Crippen LogP contribution >= 0.6 is 0 Å². The normalized spacial score (nSPS) is 28.2. The van der Waals surface area contributed by atoms with E-state index in [1.54, 1.807) is 6.92 Å². The van der Waals surface area contributed by atoms with Crippen LogP contribution < -0.4 is 0 Å². The van der Waals surface area contributed by atoms with Crippen LogP contribution in [0.4, 0.5) is 0 Å². The SMILES string of the molecule is CN(C)S(=O)(=O)N1CCCC(C)(C(=O)O)C1. The Morgan fingerprint density at radius 1 is 1.44 bits per heavy atom. The van der Waals surface area contributed by atoms with Gasteiger partial charge in [0.25, 0.3) is 10.2 Å². The van der Waals surface area contributed by atoms with Crippen LogP contribution in [0.25, 0.3) is 0 Å². The molecule has 7 heteroatoms. The van der Waals surface area contributed by atoms with E-state index in [1.165, 1.54) is 18.4 Å². The molecule has 0 saturated carbocycles. The van der Waals surface area contributed by atoms with E-state index in [1.807, 2.05) is 0 Å². The van der Waals surface area contributed by atoms with Crippen molar-refractivity contribution in [1.29, 1.82) is 0 Å². The largest absolute Gasteiger partial charge is 0.481 e. The zero-order valence-corrected chi connectivity index (χ0v) is 10.6. The van der Waals surface area contributed by atoms with Gasteiger partial charge in [-0.1, -0.05) is 0 Å². The number of aliphatic carboxylic acids is 1. The highest BCUT2D eigenvalue weighted by atomic mass is 32.2. The van der Waals surface area contributed by atoms with Gasteiger partial charge in [-0.15, -0.1) is 0 Å². The van der Waals surface area contributed by atoms with Crippen LogP contribution in [-0.4, -0.2) is 55.3 Å². The van der Waals surface area contributed by atoms with Gasteiger partial charge < -0.3 is 5.11 Å². The number of carbonyl (C=O) groups is 1. The summed E-state index contributed by atoms with van der Waals surface area (Å²) in [4.78, 5) is 11.1. The van der Waals surface area contributed by atoms with Crippen LogP contribution in [0.3, 0.4) is 0 Å². The van der Waals surface area contributed by atoms with Gasteiger partial charge in [0, 0.05) is 27.2 Å². The predicted molar refractivity (Wildman–Crippen MR) is 59.2 cm³/mol. The Bertz CT molecular complexity index is 379. The molecule has 1 atom stereocenters. The molecule has 0 spiro atoms. The molecule has 0 aromatic rings. The van der Waals surface area contributed by atoms with E-state index in [0.717, 1.165) is 4.31 Å². The van der Waals surface area contributed by atoms with E-state index in [-0.39, 0.29) is 6.54 Å². The monoisotopic (exact) mass is 250 g/mol. The maximum atomic E-state index is 11.9. The third kappa shape index (κ3) is 2.36. The third-order valence-electron chi connectivity index (χ3n) is 2.97. The Hall–Kier alpha value is -0.660.